The Morgan fingerprint density at radius 1 is 1.13 bits per heavy atom. The van der Waals surface area contributed by atoms with E-state index in [9.17, 15) is 9.59 Å². The van der Waals surface area contributed by atoms with Gasteiger partial charge in [0.2, 0.25) is 0 Å². The molecule has 9 heteroatoms. The Kier molecular flexibility index (Phi) is 9.50. The molecule has 0 aliphatic carbocycles. The standard InChI is InChI=1S/C22H26N2O7/c1-15-7-9-16(10-8-15)23-22(27)31-21(19(29-2)11-12-20(26)24-28)17-5-3-4-6-18(17)30-14-13-25/h3-12,19,21,25,28H,13-14H2,1-2H3,(H,23,27)(H,24,26)/b12-11+/t19-,21-/m1/s1. The van der Waals surface area contributed by atoms with Crippen LogP contribution in [0.25, 0.3) is 0 Å². The summed E-state index contributed by atoms with van der Waals surface area (Å²) in [5.74, 6) is -0.388. The van der Waals surface area contributed by atoms with Crippen LogP contribution >= 0.6 is 0 Å². The molecule has 0 saturated carbocycles. The third kappa shape index (κ3) is 7.41. The highest BCUT2D eigenvalue weighted by atomic mass is 16.6. The van der Waals surface area contributed by atoms with Gasteiger partial charge >= 0.3 is 6.09 Å². The maximum Gasteiger partial charge on any atom is 0.412 e. The van der Waals surface area contributed by atoms with Crippen LogP contribution in [0.4, 0.5) is 10.5 Å². The van der Waals surface area contributed by atoms with Gasteiger partial charge in [-0.05, 0) is 31.2 Å². The Hall–Kier alpha value is -3.40. The Bertz CT molecular complexity index is 884. The molecule has 0 spiro atoms. The van der Waals surface area contributed by atoms with Gasteiger partial charge < -0.3 is 19.3 Å². The summed E-state index contributed by atoms with van der Waals surface area (Å²) in [6.45, 7) is 1.78. The molecular formula is C22H26N2O7. The van der Waals surface area contributed by atoms with Crippen LogP contribution in [0.1, 0.15) is 17.2 Å². The highest BCUT2D eigenvalue weighted by molar-refractivity contribution is 5.86. The zero-order chi connectivity index (χ0) is 22.6. The van der Waals surface area contributed by atoms with Crippen molar-refractivity contribution in [3.8, 4) is 5.75 Å². The fraction of sp³-hybridized carbons (Fsp3) is 0.273. The fourth-order valence-electron chi connectivity index (χ4n) is 2.73. The van der Waals surface area contributed by atoms with E-state index in [-0.39, 0.29) is 13.2 Å². The van der Waals surface area contributed by atoms with Gasteiger partial charge in [0.1, 0.15) is 18.5 Å². The highest BCUT2D eigenvalue weighted by Gasteiger charge is 2.28. The summed E-state index contributed by atoms with van der Waals surface area (Å²) in [5.41, 5.74) is 3.54. The van der Waals surface area contributed by atoms with Crippen molar-refractivity contribution in [3.63, 3.8) is 0 Å². The largest absolute Gasteiger partial charge is 0.491 e. The van der Waals surface area contributed by atoms with Gasteiger partial charge in [-0.2, -0.15) is 0 Å². The summed E-state index contributed by atoms with van der Waals surface area (Å²) in [6.07, 6.45) is -0.237. The maximum absolute atomic E-state index is 12.6. The van der Waals surface area contributed by atoms with E-state index < -0.39 is 24.2 Å². The smallest absolute Gasteiger partial charge is 0.412 e. The lowest BCUT2D eigenvalue weighted by molar-refractivity contribution is -0.124. The number of nitrogens with one attached hydrogen (secondary N) is 2. The first-order chi connectivity index (χ1) is 15.0. The van der Waals surface area contributed by atoms with Gasteiger partial charge in [-0.3, -0.25) is 15.3 Å². The number of benzene rings is 2. The topological polar surface area (TPSA) is 126 Å². The SMILES string of the molecule is CO[C@H](/C=C/C(=O)NO)[C@H](OC(=O)Nc1ccc(C)cc1)c1ccccc1OCCO. The van der Waals surface area contributed by atoms with Gasteiger partial charge in [0.05, 0.1) is 6.61 Å². The highest BCUT2D eigenvalue weighted by Crippen LogP contribution is 2.32. The Morgan fingerprint density at radius 3 is 2.48 bits per heavy atom. The summed E-state index contributed by atoms with van der Waals surface area (Å²) in [6, 6.07) is 14.0. The lowest BCUT2D eigenvalue weighted by atomic mass is 10.0. The molecule has 2 atom stereocenters. The van der Waals surface area contributed by atoms with Gasteiger partial charge in [0, 0.05) is 24.4 Å². The second kappa shape index (κ2) is 12.3. The molecule has 0 aliphatic rings. The first-order valence-electron chi connectivity index (χ1n) is 9.50. The van der Waals surface area contributed by atoms with Crippen molar-refractivity contribution in [2.75, 3.05) is 25.6 Å². The fourth-order valence-corrected chi connectivity index (χ4v) is 2.73. The van der Waals surface area contributed by atoms with E-state index in [1.165, 1.54) is 18.7 Å². The van der Waals surface area contributed by atoms with Gasteiger partial charge in [0.25, 0.3) is 5.91 Å². The molecule has 4 N–H and O–H groups in total. The molecule has 166 valence electrons. The number of anilines is 1. The number of hydrogen-bond acceptors (Lipinski definition) is 7. The predicted molar refractivity (Wildman–Crippen MR) is 113 cm³/mol. The minimum Gasteiger partial charge on any atom is -0.491 e. The van der Waals surface area contributed by atoms with Crippen molar-refractivity contribution in [2.45, 2.75) is 19.1 Å². The molecule has 31 heavy (non-hydrogen) atoms. The van der Waals surface area contributed by atoms with E-state index in [4.69, 9.17) is 24.5 Å². The van der Waals surface area contributed by atoms with E-state index in [0.29, 0.717) is 17.0 Å². The van der Waals surface area contributed by atoms with E-state index in [0.717, 1.165) is 11.6 Å². The zero-order valence-electron chi connectivity index (χ0n) is 17.3. The number of aliphatic hydroxyl groups excluding tert-OH is 1. The molecule has 0 radical (unpaired) electrons. The minimum absolute atomic E-state index is 0.0414. The van der Waals surface area contributed by atoms with E-state index in [2.05, 4.69) is 5.32 Å². The molecule has 0 heterocycles. The van der Waals surface area contributed by atoms with Crippen molar-refractivity contribution >= 4 is 17.7 Å². The van der Waals surface area contributed by atoms with Gasteiger partial charge in [-0.25, -0.2) is 10.3 Å². The number of methoxy groups -OCH3 is 1. The Labute approximate surface area is 180 Å². The molecule has 0 unspecified atom stereocenters. The Morgan fingerprint density at radius 2 is 1.84 bits per heavy atom. The quantitative estimate of drug-likeness (QED) is 0.259. The van der Waals surface area contributed by atoms with Crippen molar-refractivity contribution in [2.24, 2.45) is 0 Å². The molecular weight excluding hydrogens is 404 g/mol. The van der Waals surface area contributed by atoms with Crippen LogP contribution in [-0.2, 0) is 14.3 Å². The first-order valence-corrected chi connectivity index (χ1v) is 9.50. The maximum atomic E-state index is 12.6. The molecule has 0 fully saturated rings. The molecule has 0 bridgehead atoms. The van der Waals surface area contributed by atoms with Gasteiger partial charge in [0.15, 0.2) is 6.10 Å². The summed E-state index contributed by atoms with van der Waals surface area (Å²) in [4.78, 5) is 24.0. The second-order valence-corrected chi connectivity index (χ2v) is 6.46. The molecule has 0 saturated heterocycles. The van der Waals surface area contributed by atoms with E-state index >= 15 is 0 Å². The number of carbonyl (C=O) groups excluding carboxylic acids is 2. The van der Waals surface area contributed by atoms with Crippen LogP contribution < -0.4 is 15.5 Å². The van der Waals surface area contributed by atoms with Gasteiger partial charge in [-0.1, -0.05) is 35.9 Å². The number of carbonyl (C=O) groups is 2. The van der Waals surface area contributed by atoms with Crippen molar-refractivity contribution in [3.05, 3.63) is 71.8 Å². The monoisotopic (exact) mass is 430 g/mol. The molecule has 0 aliphatic heterocycles. The average molecular weight is 430 g/mol. The van der Waals surface area contributed by atoms with Crippen LogP contribution in [0.3, 0.4) is 0 Å². The van der Waals surface area contributed by atoms with Gasteiger partial charge in [-0.15, -0.1) is 0 Å². The number of aryl methyl sites for hydroxylation is 1. The van der Waals surface area contributed by atoms with Crippen LogP contribution in [0, 0.1) is 6.92 Å². The molecule has 2 aromatic carbocycles. The third-order valence-electron chi connectivity index (χ3n) is 4.22. The van der Waals surface area contributed by atoms with E-state index in [1.54, 1.807) is 36.4 Å². The zero-order valence-corrected chi connectivity index (χ0v) is 17.3. The number of rotatable bonds is 10. The lowest BCUT2D eigenvalue weighted by Gasteiger charge is -2.26. The van der Waals surface area contributed by atoms with Crippen LogP contribution in [-0.4, -0.2) is 48.7 Å². The van der Waals surface area contributed by atoms with Crippen LogP contribution in [0.5, 0.6) is 5.75 Å². The molecule has 2 aromatic rings. The second-order valence-electron chi connectivity index (χ2n) is 6.46. The number of hydroxylamine groups is 1. The summed E-state index contributed by atoms with van der Waals surface area (Å²) >= 11 is 0. The predicted octanol–water partition coefficient (Wildman–Crippen LogP) is 2.73. The number of ether oxygens (including phenoxy) is 3. The molecule has 9 nitrogen and oxygen atoms in total. The van der Waals surface area contributed by atoms with Crippen molar-refractivity contribution in [1.29, 1.82) is 0 Å². The number of hydrogen-bond donors (Lipinski definition) is 4. The number of para-hydroxylation sites is 1. The van der Waals surface area contributed by atoms with Crippen LogP contribution in [0.2, 0.25) is 0 Å². The lowest BCUT2D eigenvalue weighted by Crippen LogP contribution is -2.28. The number of aliphatic hydroxyl groups is 1. The van der Waals surface area contributed by atoms with Crippen molar-refractivity contribution < 1.29 is 34.1 Å². The Balaban J connectivity index is 2.32. The molecule has 2 rings (SSSR count). The van der Waals surface area contributed by atoms with Crippen molar-refractivity contribution in [1.82, 2.24) is 5.48 Å². The minimum atomic E-state index is -1.01. The van der Waals surface area contributed by atoms with Crippen LogP contribution in [0.15, 0.2) is 60.7 Å². The third-order valence-corrected chi connectivity index (χ3v) is 4.22. The summed E-state index contributed by atoms with van der Waals surface area (Å²) in [5, 5.41) is 20.5. The average Bonchev–Trinajstić information content (AvgIpc) is 2.78. The molecule has 0 aromatic heterocycles. The first kappa shape index (κ1) is 23.9. The normalized spacial score (nSPS) is 12.8. The molecule has 2 amide bonds. The summed E-state index contributed by atoms with van der Waals surface area (Å²) in [7, 11) is 1.39. The number of amides is 2. The summed E-state index contributed by atoms with van der Waals surface area (Å²) < 4.78 is 16.6. The van der Waals surface area contributed by atoms with E-state index in [1.807, 2.05) is 19.1 Å².